The van der Waals surface area contributed by atoms with E-state index in [-0.39, 0.29) is 30.2 Å². The van der Waals surface area contributed by atoms with Crippen molar-refractivity contribution in [3.8, 4) is 0 Å². The molecular weight excluding hydrogens is 440 g/mol. The zero-order valence-electron chi connectivity index (χ0n) is 15.8. The fourth-order valence-electron chi connectivity index (χ4n) is 3.12. The van der Waals surface area contributed by atoms with E-state index in [0.29, 0.717) is 11.2 Å². The summed E-state index contributed by atoms with van der Waals surface area (Å²) in [5.41, 5.74) is 0.781. The van der Waals surface area contributed by atoms with E-state index in [0.717, 1.165) is 31.6 Å². The average molecular weight is 463 g/mol. The van der Waals surface area contributed by atoms with Crippen LogP contribution in [0.4, 0.5) is 5.69 Å². The lowest BCUT2D eigenvalue weighted by Crippen LogP contribution is -2.48. The Kier molecular flexibility index (Phi) is 7.42. The van der Waals surface area contributed by atoms with Crippen molar-refractivity contribution in [2.75, 3.05) is 31.5 Å². The summed E-state index contributed by atoms with van der Waals surface area (Å²) in [6.45, 7) is 1.65. The van der Waals surface area contributed by atoms with Crippen LogP contribution in [0.15, 0.2) is 51.6 Å². The third kappa shape index (κ3) is 6.72. The first-order chi connectivity index (χ1) is 14.0. The maximum absolute atomic E-state index is 12.1. The van der Waals surface area contributed by atoms with Gasteiger partial charge in [0.2, 0.25) is 11.8 Å². The zero-order chi connectivity index (χ0) is 20.6. The molecule has 2 aromatic rings. The fourth-order valence-corrected chi connectivity index (χ4v) is 3.43. The molecule has 0 radical (unpaired) electrons. The highest BCUT2D eigenvalue weighted by atomic mass is 79.9. The zero-order valence-corrected chi connectivity index (χ0v) is 17.4. The van der Waals surface area contributed by atoms with Crippen molar-refractivity contribution >= 4 is 39.3 Å². The summed E-state index contributed by atoms with van der Waals surface area (Å²) >= 11 is 3.13. The van der Waals surface area contributed by atoms with Gasteiger partial charge < -0.3 is 20.4 Å². The lowest BCUT2D eigenvalue weighted by atomic mass is 10.0. The molecule has 2 heterocycles. The predicted molar refractivity (Wildman–Crippen MR) is 111 cm³/mol. The number of carbonyl (C=O) groups excluding carboxylic acids is 3. The number of likely N-dealkylation sites (tertiary alicyclic amines) is 1. The molecule has 29 heavy (non-hydrogen) atoms. The van der Waals surface area contributed by atoms with Crippen molar-refractivity contribution in [1.82, 2.24) is 15.5 Å². The molecule has 3 rings (SSSR count). The van der Waals surface area contributed by atoms with E-state index in [4.69, 9.17) is 4.42 Å². The first kappa shape index (κ1) is 21.1. The summed E-state index contributed by atoms with van der Waals surface area (Å²) in [6.07, 6.45) is 1.51. The third-order valence-corrected chi connectivity index (χ3v) is 5.01. The Morgan fingerprint density at radius 1 is 1.03 bits per heavy atom. The summed E-state index contributed by atoms with van der Waals surface area (Å²) in [7, 11) is 0. The van der Waals surface area contributed by atoms with Crippen molar-refractivity contribution in [3.63, 3.8) is 0 Å². The van der Waals surface area contributed by atoms with Crippen LogP contribution in [0.5, 0.6) is 0 Å². The van der Waals surface area contributed by atoms with Gasteiger partial charge in [-0.1, -0.05) is 18.2 Å². The molecule has 0 atom stereocenters. The summed E-state index contributed by atoms with van der Waals surface area (Å²) in [5, 5.41) is 8.33. The van der Waals surface area contributed by atoms with Gasteiger partial charge in [-0.25, -0.2) is 0 Å². The predicted octanol–water partition coefficient (Wildman–Crippen LogP) is 1.99. The van der Waals surface area contributed by atoms with Crippen LogP contribution in [-0.2, 0) is 9.59 Å². The standard InChI is InChI=1S/C20H23BrN4O4/c21-17-7-6-16(29-17)20(28)22-12-18(26)23-15-8-10-25(11-9-15)13-19(27)24-14-4-2-1-3-5-14/h1-7,15H,8-13H2,(H,22,28)(H,23,26)(H,24,27). The number of nitrogens with zero attached hydrogens (tertiary/aromatic N) is 1. The van der Waals surface area contributed by atoms with Crippen LogP contribution >= 0.6 is 15.9 Å². The molecule has 3 N–H and O–H groups in total. The summed E-state index contributed by atoms with van der Waals surface area (Å²) in [5.74, 6) is -0.591. The SMILES string of the molecule is O=C(CN1CCC(NC(=O)CNC(=O)c2ccc(Br)o2)CC1)Nc1ccccc1. The smallest absolute Gasteiger partial charge is 0.287 e. The van der Waals surface area contributed by atoms with Crippen molar-refractivity contribution in [2.45, 2.75) is 18.9 Å². The number of amides is 3. The van der Waals surface area contributed by atoms with E-state index < -0.39 is 5.91 Å². The second-order valence-corrected chi connectivity index (χ2v) is 7.60. The summed E-state index contributed by atoms with van der Waals surface area (Å²) < 4.78 is 5.60. The van der Waals surface area contributed by atoms with Crippen LogP contribution in [0.3, 0.4) is 0 Å². The average Bonchev–Trinajstić information content (AvgIpc) is 3.15. The number of hydrogen-bond donors (Lipinski definition) is 3. The number of halogens is 1. The molecule has 0 bridgehead atoms. The van der Waals surface area contributed by atoms with E-state index >= 15 is 0 Å². The number of nitrogens with one attached hydrogen (secondary N) is 3. The van der Waals surface area contributed by atoms with Crippen LogP contribution in [0, 0.1) is 0 Å². The van der Waals surface area contributed by atoms with Gasteiger partial charge in [0.25, 0.3) is 5.91 Å². The number of carbonyl (C=O) groups is 3. The minimum atomic E-state index is -0.440. The number of hydrogen-bond acceptors (Lipinski definition) is 5. The van der Waals surface area contributed by atoms with Crippen LogP contribution in [0.1, 0.15) is 23.4 Å². The monoisotopic (exact) mass is 462 g/mol. The van der Waals surface area contributed by atoms with Crippen LogP contribution in [-0.4, -0.2) is 54.8 Å². The Balaban J connectivity index is 1.33. The molecule has 1 saturated heterocycles. The number of piperidine rings is 1. The quantitative estimate of drug-likeness (QED) is 0.583. The van der Waals surface area contributed by atoms with Gasteiger partial charge in [-0.3, -0.25) is 19.3 Å². The number of anilines is 1. The number of benzene rings is 1. The number of furan rings is 1. The molecule has 1 aromatic heterocycles. The molecule has 0 spiro atoms. The van der Waals surface area contributed by atoms with Crippen molar-refractivity contribution in [3.05, 3.63) is 52.9 Å². The van der Waals surface area contributed by atoms with Gasteiger partial charge in [0.05, 0.1) is 13.1 Å². The Morgan fingerprint density at radius 3 is 2.41 bits per heavy atom. The highest BCUT2D eigenvalue weighted by Crippen LogP contribution is 2.14. The van der Waals surface area contributed by atoms with E-state index in [9.17, 15) is 14.4 Å². The largest absolute Gasteiger partial charge is 0.444 e. The Labute approximate surface area is 177 Å². The molecule has 0 aliphatic carbocycles. The summed E-state index contributed by atoms with van der Waals surface area (Å²) in [4.78, 5) is 38.2. The minimum Gasteiger partial charge on any atom is -0.444 e. The van der Waals surface area contributed by atoms with Gasteiger partial charge in [0.15, 0.2) is 10.4 Å². The number of rotatable bonds is 7. The Bertz CT molecular complexity index is 847. The minimum absolute atomic E-state index is 0.0330. The van der Waals surface area contributed by atoms with Gasteiger partial charge in [-0.05, 0) is 53.0 Å². The molecule has 9 heteroatoms. The Hall–Kier alpha value is -2.65. The van der Waals surface area contributed by atoms with E-state index in [2.05, 4.69) is 36.8 Å². The summed E-state index contributed by atoms with van der Waals surface area (Å²) in [6, 6.07) is 12.5. The van der Waals surface area contributed by atoms with Crippen molar-refractivity contribution in [1.29, 1.82) is 0 Å². The van der Waals surface area contributed by atoms with E-state index in [1.807, 2.05) is 30.3 Å². The fraction of sp³-hybridized carbons (Fsp3) is 0.350. The molecular formula is C20H23BrN4O4. The molecule has 1 fully saturated rings. The van der Waals surface area contributed by atoms with Crippen LogP contribution < -0.4 is 16.0 Å². The first-order valence-corrected chi connectivity index (χ1v) is 10.2. The van der Waals surface area contributed by atoms with Gasteiger partial charge >= 0.3 is 0 Å². The van der Waals surface area contributed by atoms with Crippen molar-refractivity contribution < 1.29 is 18.8 Å². The van der Waals surface area contributed by atoms with Gasteiger partial charge in [0, 0.05) is 24.8 Å². The second-order valence-electron chi connectivity index (χ2n) is 6.82. The maximum atomic E-state index is 12.1. The highest BCUT2D eigenvalue weighted by Gasteiger charge is 2.22. The molecule has 1 aromatic carbocycles. The van der Waals surface area contributed by atoms with E-state index in [1.54, 1.807) is 6.07 Å². The van der Waals surface area contributed by atoms with Gasteiger partial charge in [-0.2, -0.15) is 0 Å². The molecule has 3 amide bonds. The maximum Gasteiger partial charge on any atom is 0.287 e. The number of para-hydroxylation sites is 1. The van der Waals surface area contributed by atoms with E-state index in [1.165, 1.54) is 6.07 Å². The third-order valence-electron chi connectivity index (χ3n) is 4.58. The molecule has 8 nitrogen and oxygen atoms in total. The van der Waals surface area contributed by atoms with Gasteiger partial charge in [-0.15, -0.1) is 0 Å². The van der Waals surface area contributed by atoms with Gasteiger partial charge in [0.1, 0.15) is 0 Å². The Morgan fingerprint density at radius 2 is 1.76 bits per heavy atom. The topological polar surface area (TPSA) is 104 Å². The normalized spacial score (nSPS) is 14.9. The lowest BCUT2D eigenvalue weighted by Gasteiger charge is -2.31. The van der Waals surface area contributed by atoms with Crippen LogP contribution in [0.25, 0.3) is 0 Å². The molecule has 1 aliphatic heterocycles. The highest BCUT2D eigenvalue weighted by molar-refractivity contribution is 9.10. The first-order valence-electron chi connectivity index (χ1n) is 9.40. The molecule has 0 unspecified atom stereocenters. The molecule has 1 aliphatic rings. The second kappa shape index (κ2) is 10.2. The lowest BCUT2D eigenvalue weighted by molar-refractivity contribution is -0.121. The van der Waals surface area contributed by atoms with Crippen LogP contribution in [0.2, 0.25) is 0 Å². The molecule has 154 valence electrons. The molecule has 0 saturated carbocycles. The van der Waals surface area contributed by atoms with Crippen molar-refractivity contribution in [2.24, 2.45) is 0 Å².